The summed E-state index contributed by atoms with van der Waals surface area (Å²) in [5.74, 6) is 1.98. The van der Waals surface area contributed by atoms with Crippen LogP contribution in [-0.4, -0.2) is 36.0 Å². The minimum absolute atomic E-state index is 0.0764. The lowest BCUT2D eigenvalue weighted by atomic mass is 9.83. The molecule has 18 heavy (non-hydrogen) atoms. The van der Waals surface area contributed by atoms with Crippen molar-refractivity contribution in [3.05, 3.63) is 0 Å². The Morgan fingerprint density at radius 2 is 1.89 bits per heavy atom. The first kappa shape index (κ1) is 13.9. The van der Waals surface area contributed by atoms with Crippen molar-refractivity contribution in [2.45, 2.75) is 65.0 Å². The fraction of sp³-hybridized carbons (Fsp3) is 0.933. The highest BCUT2D eigenvalue weighted by atomic mass is 16.2. The molecule has 1 aliphatic heterocycles. The molecule has 3 heteroatoms. The molecule has 0 aromatic heterocycles. The van der Waals surface area contributed by atoms with E-state index in [9.17, 15) is 4.79 Å². The van der Waals surface area contributed by atoms with Crippen LogP contribution < -0.4 is 5.32 Å². The van der Waals surface area contributed by atoms with Gasteiger partial charge >= 0.3 is 0 Å². The molecular weight excluding hydrogens is 224 g/mol. The van der Waals surface area contributed by atoms with Crippen LogP contribution >= 0.6 is 0 Å². The molecule has 1 saturated heterocycles. The van der Waals surface area contributed by atoms with E-state index in [4.69, 9.17) is 0 Å². The summed E-state index contributed by atoms with van der Waals surface area (Å²) in [5.41, 5.74) is 0. The maximum absolute atomic E-state index is 12.2. The van der Waals surface area contributed by atoms with E-state index in [1.165, 1.54) is 25.7 Å². The average molecular weight is 252 g/mol. The standard InChI is InChI=1S/C15H28N2O/c1-11(2)16-14-8-9-17(15(14)18)10-13-6-4-12(3)5-7-13/h11-14,16H,4-10H2,1-3H3. The molecule has 104 valence electrons. The van der Waals surface area contributed by atoms with Crippen LogP contribution in [0.3, 0.4) is 0 Å². The van der Waals surface area contributed by atoms with Gasteiger partial charge in [0.1, 0.15) is 0 Å². The van der Waals surface area contributed by atoms with Gasteiger partial charge in [0.2, 0.25) is 5.91 Å². The quantitative estimate of drug-likeness (QED) is 0.833. The third kappa shape index (κ3) is 3.47. The van der Waals surface area contributed by atoms with E-state index in [0.717, 1.165) is 31.3 Å². The fourth-order valence-electron chi connectivity index (χ4n) is 3.30. The third-order valence-corrected chi connectivity index (χ3v) is 4.45. The largest absolute Gasteiger partial charge is 0.341 e. The SMILES string of the molecule is CC1CCC(CN2CCC(NC(C)C)C2=O)CC1. The lowest BCUT2D eigenvalue weighted by molar-refractivity contribution is -0.130. The first-order valence-corrected chi connectivity index (χ1v) is 7.61. The van der Waals surface area contributed by atoms with Crippen LogP contribution in [0.25, 0.3) is 0 Å². The molecule has 1 unspecified atom stereocenters. The van der Waals surface area contributed by atoms with Gasteiger partial charge in [0.15, 0.2) is 0 Å². The van der Waals surface area contributed by atoms with Gasteiger partial charge in [-0.15, -0.1) is 0 Å². The van der Waals surface area contributed by atoms with Gasteiger partial charge in [-0.05, 0) is 31.1 Å². The van der Waals surface area contributed by atoms with Crippen molar-refractivity contribution in [3.8, 4) is 0 Å². The maximum Gasteiger partial charge on any atom is 0.239 e. The number of hydrogen-bond acceptors (Lipinski definition) is 2. The zero-order chi connectivity index (χ0) is 13.1. The van der Waals surface area contributed by atoms with Gasteiger partial charge < -0.3 is 10.2 Å². The molecule has 2 fully saturated rings. The van der Waals surface area contributed by atoms with E-state index >= 15 is 0 Å². The van der Waals surface area contributed by atoms with E-state index in [0.29, 0.717) is 11.9 Å². The minimum atomic E-state index is 0.0764. The molecule has 1 N–H and O–H groups in total. The molecule has 1 aliphatic carbocycles. The van der Waals surface area contributed by atoms with Crippen LogP contribution in [0, 0.1) is 11.8 Å². The van der Waals surface area contributed by atoms with Crippen molar-refractivity contribution in [1.82, 2.24) is 10.2 Å². The maximum atomic E-state index is 12.2. The number of carbonyl (C=O) groups excluding carboxylic acids is 1. The number of hydrogen-bond donors (Lipinski definition) is 1. The number of likely N-dealkylation sites (tertiary alicyclic amines) is 1. The summed E-state index contributed by atoms with van der Waals surface area (Å²) in [5, 5.41) is 3.37. The Morgan fingerprint density at radius 3 is 2.50 bits per heavy atom. The molecule has 1 atom stereocenters. The topological polar surface area (TPSA) is 32.3 Å². The van der Waals surface area contributed by atoms with E-state index in [2.05, 4.69) is 31.0 Å². The van der Waals surface area contributed by atoms with Crippen LogP contribution in [0.5, 0.6) is 0 Å². The van der Waals surface area contributed by atoms with Gasteiger partial charge in [0.05, 0.1) is 6.04 Å². The van der Waals surface area contributed by atoms with Crippen LogP contribution in [0.15, 0.2) is 0 Å². The Kier molecular flexibility index (Phi) is 4.66. The fourth-order valence-corrected chi connectivity index (χ4v) is 3.30. The van der Waals surface area contributed by atoms with E-state index in [1.807, 2.05) is 0 Å². The van der Waals surface area contributed by atoms with Crippen LogP contribution in [0.2, 0.25) is 0 Å². The van der Waals surface area contributed by atoms with Crippen LogP contribution in [0.1, 0.15) is 52.9 Å². The lowest BCUT2D eigenvalue weighted by Crippen LogP contribution is -2.42. The number of rotatable bonds is 4. The predicted molar refractivity (Wildman–Crippen MR) is 74.4 cm³/mol. The smallest absolute Gasteiger partial charge is 0.239 e. The molecule has 2 aliphatic rings. The zero-order valence-electron chi connectivity index (χ0n) is 12.1. The second kappa shape index (κ2) is 6.05. The first-order chi connectivity index (χ1) is 8.56. The Bertz CT molecular complexity index is 282. The summed E-state index contributed by atoms with van der Waals surface area (Å²) in [6, 6.07) is 0.474. The summed E-state index contributed by atoms with van der Waals surface area (Å²) in [4.78, 5) is 14.3. The minimum Gasteiger partial charge on any atom is -0.341 e. The van der Waals surface area contributed by atoms with Crippen molar-refractivity contribution < 1.29 is 4.79 Å². The van der Waals surface area contributed by atoms with Gasteiger partial charge in [-0.3, -0.25) is 4.79 Å². The Labute approximate surface area is 111 Å². The van der Waals surface area contributed by atoms with Crippen LogP contribution in [0.4, 0.5) is 0 Å². The summed E-state index contributed by atoms with van der Waals surface area (Å²) < 4.78 is 0. The number of nitrogens with zero attached hydrogens (tertiary/aromatic N) is 1. The summed E-state index contributed by atoms with van der Waals surface area (Å²) >= 11 is 0. The Balaban J connectivity index is 1.79. The zero-order valence-corrected chi connectivity index (χ0v) is 12.1. The highest BCUT2D eigenvalue weighted by Crippen LogP contribution is 2.29. The van der Waals surface area contributed by atoms with Crippen molar-refractivity contribution in [3.63, 3.8) is 0 Å². The average Bonchev–Trinajstić information content (AvgIpc) is 2.64. The van der Waals surface area contributed by atoms with Gasteiger partial charge in [-0.1, -0.05) is 33.6 Å². The molecule has 1 saturated carbocycles. The first-order valence-electron chi connectivity index (χ1n) is 7.61. The van der Waals surface area contributed by atoms with E-state index < -0.39 is 0 Å². The number of amides is 1. The lowest BCUT2D eigenvalue weighted by Gasteiger charge is -2.29. The molecular formula is C15H28N2O. The van der Waals surface area contributed by atoms with Crippen molar-refractivity contribution in [2.24, 2.45) is 11.8 Å². The molecule has 0 spiro atoms. The van der Waals surface area contributed by atoms with Crippen LogP contribution in [-0.2, 0) is 4.79 Å². The second-order valence-electron chi connectivity index (χ2n) is 6.57. The van der Waals surface area contributed by atoms with E-state index in [-0.39, 0.29) is 6.04 Å². The van der Waals surface area contributed by atoms with Gasteiger partial charge in [-0.25, -0.2) is 0 Å². The third-order valence-electron chi connectivity index (χ3n) is 4.45. The Morgan fingerprint density at radius 1 is 1.22 bits per heavy atom. The summed E-state index contributed by atoms with van der Waals surface area (Å²) in [6.07, 6.45) is 6.31. The highest BCUT2D eigenvalue weighted by Gasteiger charge is 2.33. The molecule has 0 aromatic rings. The number of carbonyl (C=O) groups is 1. The van der Waals surface area contributed by atoms with Gasteiger partial charge in [0.25, 0.3) is 0 Å². The highest BCUT2D eigenvalue weighted by molar-refractivity contribution is 5.84. The molecule has 1 amide bonds. The van der Waals surface area contributed by atoms with Crippen molar-refractivity contribution in [2.75, 3.05) is 13.1 Å². The molecule has 0 bridgehead atoms. The summed E-state index contributed by atoms with van der Waals surface area (Å²) in [6.45, 7) is 8.52. The Hall–Kier alpha value is -0.570. The molecule has 3 nitrogen and oxygen atoms in total. The molecule has 1 heterocycles. The number of nitrogens with one attached hydrogen (secondary N) is 1. The van der Waals surface area contributed by atoms with Gasteiger partial charge in [0, 0.05) is 19.1 Å². The molecule has 0 aromatic carbocycles. The molecule has 0 radical (unpaired) electrons. The molecule has 2 rings (SSSR count). The second-order valence-corrected chi connectivity index (χ2v) is 6.57. The van der Waals surface area contributed by atoms with Crippen molar-refractivity contribution in [1.29, 1.82) is 0 Å². The monoisotopic (exact) mass is 252 g/mol. The van der Waals surface area contributed by atoms with Crippen molar-refractivity contribution >= 4 is 5.91 Å². The van der Waals surface area contributed by atoms with E-state index in [1.54, 1.807) is 0 Å². The summed E-state index contributed by atoms with van der Waals surface area (Å²) in [7, 11) is 0. The predicted octanol–water partition coefficient (Wildman–Crippen LogP) is 2.41. The normalized spacial score (nSPS) is 33.4. The van der Waals surface area contributed by atoms with Gasteiger partial charge in [-0.2, -0.15) is 0 Å².